The summed E-state index contributed by atoms with van der Waals surface area (Å²) in [5.41, 5.74) is 0.770. The zero-order valence-corrected chi connectivity index (χ0v) is 13.8. The van der Waals surface area contributed by atoms with Gasteiger partial charge < -0.3 is 18.6 Å². The van der Waals surface area contributed by atoms with Gasteiger partial charge in [-0.25, -0.2) is 4.39 Å². The highest BCUT2D eigenvalue weighted by molar-refractivity contribution is 7.99. The second-order valence-electron chi connectivity index (χ2n) is 5.09. The molecule has 6 nitrogen and oxygen atoms in total. The van der Waals surface area contributed by atoms with E-state index in [2.05, 4.69) is 10.2 Å². The Labute approximate surface area is 146 Å². The third-order valence-electron chi connectivity index (χ3n) is 3.42. The van der Waals surface area contributed by atoms with E-state index in [1.807, 2.05) is 18.2 Å². The summed E-state index contributed by atoms with van der Waals surface area (Å²) in [6.45, 7) is 0.663. The molecule has 0 saturated carbocycles. The lowest BCUT2D eigenvalue weighted by atomic mass is 10.2. The van der Waals surface area contributed by atoms with Gasteiger partial charge in [0.15, 0.2) is 11.5 Å². The van der Waals surface area contributed by atoms with Gasteiger partial charge in [0.05, 0.1) is 6.61 Å². The molecule has 25 heavy (non-hydrogen) atoms. The first-order valence-corrected chi connectivity index (χ1v) is 8.51. The van der Waals surface area contributed by atoms with Gasteiger partial charge >= 0.3 is 0 Å². The molecule has 2 heterocycles. The van der Waals surface area contributed by atoms with Gasteiger partial charge in [-0.2, -0.15) is 0 Å². The number of nitrogens with zero attached hydrogens (tertiary/aromatic N) is 2. The third-order valence-corrected chi connectivity index (χ3v) is 4.20. The Morgan fingerprint density at radius 1 is 1.04 bits per heavy atom. The summed E-state index contributed by atoms with van der Waals surface area (Å²) < 4.78 is 34.6. The van der Waals surface area contributed by atoms with Crippen molar-refractivity contribution in [3.05, 3.63) is 48.3 Å². The molecule has 2 aromatic carbocycles. The predicted octanol–water partition coefficient (Wildman–Crippen LogP) is 3.78. The highest BCUT2D eigenvalue weighted by Crippen LogP contribution is 2.35. The third kappa shape index (κ3) is 3.69. The lowest BCUT2D eigenvalue weighted by Gasteiger charge is -2.04. The van der Waals surface area contributed by atoms with Gasteiger partial charge in [0, 0.05) is 11.3 Å². The van der Waals surface area contributed by atoms with E-state index >= 15 is 0 Å². The monoisotopic (exact) mass is 360 g/mol. The van der Waals surface area contributed by atoms with E-state index < -0.39 is 0 Å². The number of thioether (sulfide) groups is 1. The van der Waals surface area contributed by atoms with Crippen LogP contribution in [0.15, 0.2) is 52.1 Å². The van der Waals surface area contributed by atoms with Crippen molar-refractivity contribution in [1.82, 2.24) is 10.2 Å². The quantitative estimate of drug-likeness (QED) is 0.489. The molecule has 1 aliphatic rings. The van der Waals surface area contributed by atoms with Crippen molar-refractivity contribution < 1.29 is 23.0 Å². The van der Waals surface area contributed by atoms with E-state index in [1.165, 1.54) is 23.9 Å². The number of hydrogen-bond acceptors (Lipinski definition) is 7. The number of rotatable bonds is 6. The van der Waals surface area contributed by atoms with Crippen LogP contribution in [0.3, 0.4) is 0 Å². The maximum Gasteiger partial charge on any atom is 0.276 e. The molecule has 0 spiro atoms. The van der Waals surface area contributed by atoms with Crippen molar-refractivity contribution in [3.63, 3.8) is 0 Å². The molecule has 0 aliphatic carbocycles. The maximum atomic E-state index is 12.8. The van der Waals surface area contributed by atoms with E-state index in [4.69, 9.17) is 18.6 Å². The lowest BCUT2D eigenvalue weighted by molar-refractivity contribution is 0.174. The average Bonchev–Trinajstić information content (AvgIpc) is 3.29. The van der Waals surface area contributed by atoms with Gasteiger partial charge in [0.2, 0.25) is 12.7 Å². The number of hydrogen-bond donors (Lipinski definition) is 0. The molecule has 4 rings (SSSR count). The minimum absolute atomic E-state index is 0.220. The van der Waals surface area contributed by atoms with E-state index in [0.717, 1.165) is 5.56 Å². The molecule has 0 unspecified atom stereocenters. The summed E-state index contributed by atoms with van der Waals surface area (Å²) in [7, 11) is 0. The van der Waals surface area contributed by atoms with Gasteiger partial charge in [-0.3, -0.25) is 0 Å². The smallest absolute Gasteiger partial charge is 0.276 e. The summed E-state index contributed by atoms with van der Waals surface area (Å²) in [4.78, 5) is 0. The zero-order valence-electron chi connectivity index (χ0n) is 13.0. The van der Waals surface area contributed by atoms with Crippen molar-refractivity contribution in [2.75, 3.05) is 19.2 Å². The summed E-state index contributed by atoms with van der Waals surface area (Å²) >= 11 is 1.39. The average molecular weight is 360 g/mol. The first kappa shape index (κ1) is 15.8. The molecule has 128 valence electrons. The van der Waals surface area contributed by atoms with Gasteiger partial charge in [0.25, 0.3) is 5.22 Å². The molecule has 3 aromatic rings. The number of aromatic nitrogens is 2. The Bertz CT molecular complexity index is 869. The van der Waals surface area contributed by atoms with E-state index in [-0.39, 0.29) is 12.6 Å². The van der Waals surface area contributed by atoms with Crippen LogP contribution >= 0.6 is 11.8 Å². The largest absolute Gasteiger partial charge is 0.493 e. The van der Waals surface area contributed by atoms with Gasteiger partial charge in [0.1, 0.15) is 11.6 Å². The Morgan fingerprint density at radius 3 is 2.76 bits per heavy atom. The van der Waals surface area contributed by atoms with E-state index in [9.17, 15) is 4.39 Å². The highest BCUT2D eigenvalue weighted by Gasteiger charge is 2.16. The predicted molar refractivity (Wildman–Crippen MR) is 88.5 cm³/mol. The standard InChI is InChI=1S/C17H13FN2O4S/c18-12-2-4-13(5-3-12)21-7-8-25-17-20-19-16(24-17)11-1-6-14-15(9-11)23-10-22-14/h1-6,9H,7-8,10H2. The minimum Gasteiger partial charge on any atom is -0.493 e. The fraction of sp³-hybridized carbons (Fsp3) is 0.176. The molecule has 1 aliphatic heterocycles. The van der Waals surface area contributed by atoms with E-state index in [1.54, 1.807) is 12.1 Å². The lowest BCUT2D eigenvalue weighted by Crippen LogP contribution is -1.99. The second kappa shape index (κ2) is 7.02. The van der Waals surface area contributed by atoms with Crippen LogP contribution in [0.2, 0.25) is 0 Å². The first-order valence-electron chi connectivity index (χ1n) is 7.53. The molecule has 0 radical (unpaired) electrons. The molecule has 0 atom stereocenters. The van der Waals surface area contributed by atoms with Crippen molar-refractivity contribution >= 4 is 11.8 Å². The van der Waals surface area contributed by atoms with Crippen molar-refractivity contribution in [2.24, 2.45) is 0 Å². The molecule has 0 N–H and O–H groups in total. The SMILES string of the molecule is Fc1ccc(OCCSc2nnc(-c3ccc4c(c3)OCO4)o2)cc1. The Balaban J connectivity index is 1.31. The van der Waals surface area contributed by atoms with Crippen molar-refractivity contribution in [1.29, 1.82) is 0 Å². The molecule has 0 fully saturated rings. The molecule has 8 heteroatoms. The Kier molecular flexibility index (Phi) is 4.43. The van der Waals surface area contributed by atoms with Crippen LogP contribution < -0.4 is 14.2 Å². The fourth-order valence-electron chi connectivity index (χ4n) is 2.23. The Hall–Kier alpha value is -2.74. The van der Waals surface area contributed by atoms with Gasteiger partial charge in [-0.1, -0.05) is 11.8 Å². The number of ether oxygens (including phenoxy) is 3. The molecule has 0 saturated heterocycles. The summed E-state index contributed by atoms with van der Waals surface area (Å²) in [5, 5.41) is 8.51. The molecule has 0 bridgehead atoms. The maximum absolute atomic E-state index is 12.8. The normalized spacial score (nSPS) is 12.4. The molecule has 1 aromatic heterocycles. The Morgan fingerprint density at radius 2 is 1.88 bits per heavy atom. The summed E-state index contributed by atoms with van der Waals surface area (Å²) in [6, 6.07) is 11.4. The summed E-state index contributed by atoms with van der Waals surface area (Å²) in [6.07, 6.45) is 0. The molecule has 0 amide bonds. The van der Waals surface area contributed by atoms with Crippen LogP contribution in [0.4, 0.5) is 4.39 Å². The van der Waals surface area contributed by atoms with E-state index in [0.29, 0.717) is 40.7 Å². The van der Waals surface area contributed by atoms with Crippen LogP contribution in [-0.2, 0) is 0 Å². The van der Waals surface area contributed by atoms with Gasteiger partial charge in [-0.15, -0.1) is 10.2 Å². The van der Waals surface area contributed by atoms with Crippen LogP contribution in [-0.4, -0.2) is 29.4 Å². The number of fused-ring (bicyclic) bond motifs is 1. The van der Waals surface area contributed by atoms with Crippen molar-refractivity contribution in [2.45, 2.75) is 5.22 Å². The second-order valence-corrected chi connectivity index (χ2v) is 6.14. The van der Waals surface area contributed by atoms with Crippen LogP contribution in [0.5, 0.6) is 17.2 Å². The highest BCUT2D eigenvalue weighted by atomic mass is 32.2. The topological polar surface area (TPSA) is 66.6 Å². The zero-order chi connectivity index (χ0) is 17.1. The first-order chi connectivity index (χ1) is 12.3. The fourth-order valence-corrected chi connectivity index (χ4v) is 2.81. The number of benzene rings is 2. The van der Waals surface area contributed by atoms with Crippen LogP contribution in [0, 0.1) is 5.82 Å². The summed E-state index contributed by atoms with van der Waals surface area (Å²) in [5.74, 6) is 2.74. The van der Waals surface area contributed by atoms with Crippen LogP contribution in [0.1, 0.15) is 0 Å². The van der Waals surface area contributed by atoms with Crippen molar-refractivity contribution in [3.8, 4) is 28.7 Å². The van der Waals surface area contributed by atoms with Gasteiger partial charge in [-0.05, 0) is 42.5 Å². The van der Waals surface area contributed by atoms with Crippen LogP contribution in [0.25, 0.3) is 11.5 Å². The number of halogens is 1. The molecular formula is C17H13FN2O4S. The molecular weight excluding hydrogens is 347 g/mol. The minimum atomic E-state index is -0.288.